The Bertz CT molecular complexity index is 871. The third-order valence-electron chi connectivity index (χ3n) is 4.83. The fourth-order valence-corrected chi connectivity index (χ4v) is 3.14. The minimum absolute atomic E-state index is 0.0893. The van der Waals surface area contributed by atoms with Crippen LogP contribution in [-0.4, -0.2) is 40.4 Å². The molecule has 1 unspecified atom stereocenters. The van der Waals surface area contributed by atoms with Crippen molar-refractivity contribution < 1.29 is 18.6 Å². The topological polar surface area (TPSA) is 64.1 Å². The summed E-state index contributed by atoms with van der Waals surface area (Å²) >= 11 is 0. The molecule has 0 aliphatic heterocycles. The Labute approximate surface area is 178 Å². The van der Waals surface area contributed by atoms with Gasteiger partial charge < -0.3 is 24.8 Å². The van der Waals surface area contributed by atoms with Crippen molar-refractivity contribution in [3.8, 4) is 17.2 Å². The molecule has 0 saturated heterocycles. The van der Waals surface area contributed by atoms with Gasteiger partial charge in [0.25, 0.3) is 0 Å². The summed E-state index contributed by atoms with van der Waals surface area (Å²) in [6, 6.07) is 9.00. The van der Waals surface area contributed by atoms with E-state index >= 15 is 0 Å². The maximum Gasteiger partial charge on any atom is 0.203 e. The Morgan fingerprint density at radius 2 is 1.80 bits per heavy atom. The van der Waals surface area contributed by atoms with Crippen LogP contribution in [0.3, 0.4) is 0 Å². The smallest absolute Gasteiger partial charge is 0.203 e. The summed E-state index contributed by atoms with van der Waals surface area (Å²) in [4.78, 5) is 4.66. The normalized spacial score (nSPS) is 12.3. The number of rotatable bonds is 9. The monoisotopic (exact) mass is 417 g/mol. The van der Waals surface area contributed by atoms with Crippen molar-refractivity contribution in [2.24, 2.45) is 4.99 Å². The summed E-state index contributed by atoms with van der Waals surface area (Å²) in [5.74, 6) is 2.31. The van der Waals surface area contributed by atoms with E-state index < -0.39 is 0 Å². The van der Waals surface area contributed by atoms with E-state index in [0.29, 0.717) is 41.7 Å². The maximum atomic E-state index is 13.9. The average molecular weight is 418 g/mol. The molecule has 2 aromatic rings. The van der Waals surface area contributed by atoms with Crippen LogP contribution in [0.1, 0.15) is 36.6 Å². The summed E-state index contributed by atoms with van der Waals surface area (Å²) < 4.78 is 30.2. The van der Waals surface area contributed by atoms with Gasteiger partial charge in [-0.25, -0.2) is 4.39 Å². The van der Waals surface area contributed by atoms with Crippen LogP contribution in [0.25, 0.3) is 0 Å². The first-order valence-electron chi connectivity index (χ1n) is 10.0. The van der Waals surface area contributed by atoms with Crippen molar-refractivity contribution in [3.63, 3.8) is 0 Å². The predicted molar refractivity (Wildman–Crippen MR) is 118 cm³/mol. The van der Waals surface area contributed by atoms with Crippen molar-refractivity contribution in [2.75, 3.05) is 34.4 Å². The zero-order chi connectivity index (χ0) is 22.1. The fourth-order valence-electron chi connectivity index (χ4n) is 3.14. The van der Waals surface area contributed by atoms with Crippen LogP contribution in [0.15, 0.2) is 35.3 Å². The van der Waals surface area contributed by atoms with Crippen molar-refractivity contribution in [1.29, 1.82) is 0 Å². The summed E-state index contributed by atoms with van der Waals surface area (Å²) in [7, 11) is 4.79. The molecule has 2 aromatic carbocycles. The van der Waals surface area contributed by atoms with Crippen molar-refractivity contribution in [3.05, 3.63) is 52.8 Å². The van der Waals surface area contributed by atoms with Crippen molar-refractivity contribution >= 4 is 5.96 Å². The lowest BCUT2D eigenvalue weighted by Gasteiger charge is -2.19. The van der Waals surface area contributed by atoms with E-state index in [1.54, 1.807) is 40.4 Å². The van der Waals surface area contributed by atoms with E-state index in [1.807, 2.05) is 32.0 Å². The zero-order valence-electron chi connectivity index (χ0n) is 18.6. The molecule has 0 aliphatic carbocycles. The molecule has 2 rings (SSSR count). The highest BCUT2D eigenvalue weighted by Crippen LogP contribution is 2.39. The maximum absolute atomic E-state index is 13.9. The summed E-state index contributed by atoms with van der Waals surface area (Å²) in [5.41, 5.74) is 2.48. The molecule has 0 heterocycles. The fraction of sp³-hybridized carbons (Fsp3) is 0.435. The van der Waals surface area contributed by atoms with Crippen LogP contribution in [0.5, 0.6) is 17.2 Å². The summed E-state index contributed by atoms with van der Waals surface area (Å²) in [6.07, 6.45) is 0.660. The molecule has 0 aromatic heterocycles. The lowest BCUT2D eigenvalue weighted by atomic mass is 10.1. The van der Waals surface area contributed by atoms with E-state index in [2.05, 4.69) is 15.6 Å². The van der Waals surface area contributed by atoms with Gasteiger partial charge >= 0.3 is 0 Å². The molecule has 7 heteroatoms. The number of halogens is 1. The molecule has 0 spiro atoms. The third-order valence-corrected chi connectivity index (χ3v) is 4.83. The van der Waals surface area contributed by atoms with E-state index in [1.165, 1.54) is 0 Å². The molecule has 0 bridgehead atoms. The molecule has 1 atom stereocenters. The molecular weight excluding hydrogens is 385 g/mol. The number of aryl methyl sites for hydroxylation is 1. The largest absolute Gasteiger partial charge is 0.493 e. The first-order valence-corrected chi connectivity index (χ1v) is 10.0. The van der Waals surface area contributed by atoms with Crippen LogP contribution < -0.4 is 24.8 Å². The van der Waals surface area contributed by atoms with Crippen molar-refractivity contribution in [2.45, 2.75) is 33.2 Å². The Kier molecular flexibility index (Phi) is 8.77. The molecule has 2 N–H and O–H groups in total. The number of ether oxygens (including phenoxy) is 3. The Balaban J connectivity index is 2.12. The number of guanidine groups is 1. The predicted octanol–water partition coefficient (Wildman–Crippen LogP) is 4.02. The molecule has 0 radical (unpaired) electrons. The van der Waals surface area contributed by atoms with Gasteiger partial charge in [-0.1, -0.05) is 18.2 Å². The number of nitrogens with zero attached hydrogens (tertiary/aromatic N) is 1. The quantitative estimate of drug-likeness (QED) is 0.477. The van der Waals surface area contributed by atoms with Gasteiger partial charge in [0.1, 0.15) is 5.82 Å². The number of methoxy groups -OCH3 is 3. The second-order valence-corrected chi connectivity index (χ2v) is 6.88. The molecule has 0 saturated carbocycles. The molecule has 0 aliphatic rings. The third kappa shape index (κ3) is 5.78. The number of nitrogens with one attached hydrogen (secondary N) is 2. The molecule has 164 valence electrons. The highest BCUT2D eigenvalue weighted by molar-refractivity contribution is 5.80. The van der Waals surface area contributed by atoms with Crippen LogP contribution >= 0.6 is 0 Å². The summed E-state index contributed by atoms with van der Waals surface area (Å²) in [6.45, 7) is 7.00. The summed E-state index contributed by atoms with van der Waals surface area (Å²) in [5, 5.41) is 6.57. The van der Waals surface area contributed by atoms with E-state index in [0.717, 1.165) is 17.7 Å². The van der Waals surface area contributed by atoms with Gasteiger partial charge in [0.15, 0.2) is 17.5 Å². The Hall–Kier alpha value is -2.96. The lowest BCUT2D eigenvalue weighted by molar-refractivity contribution is 0.322. The first kappa shape index (κ1) is 23.3. The minimum Gasteiger partial charge on any atom is -0.493 e. The van der Waals surface area contributed by atoms with E-state index in [-0.39, 0.29) is 11.9 Å². The van der Waals surface area contributed by atoms with Crippen molar-refractivity contribution in [1.82, 2.24) is 10.6 Å². The minimum atomic E-state index is -0.205. The molecule has 30 heavy (non-hydrogen) atoms. The lowest BCUT2D eigenvalue weighted by Crippen LogP contribution is -2.39. The van der Waals surface area contributed by atoms with Crippen LogP contribution in [0, 0.1) is 12.7 Å². The van der Waals surface area contributed by atoms with Crippen LogP contribution in [0.2, 0.25) is 0 Å². The zero-order valence-corrected chi connectivity index (χ0v) is 18.6. The van der Waals surface area contributed by atoms with Crippen LogP contribution in [0.4, 0.5) is 4.39 Å². The first-order chi connectivity index (χ1) is 14.4. The highest BCUT2D eigenvalue weighted by atomic mass is 19.1. The second kappa shape index (κ2) is 11.3. The number of benzene rings is 2. The van der Waals surface area contributed by atoms with E-state index in [9.17, 15) is 4.39 Å². The SMILES string of the molecule is CCNC(=NCCc1ccc(OC)c(OC)c1OC)NC(C)c1ccc(C)c(F)c1. The molecule has 0 amide bonds. The standard InChI is InChI=1S/C23H32FN3O3/c1-7-25-23(27-16(3)18-9-8-15(2)19(24)14-18)26-13-12-17-10-11-20(28-4)22(30-6)21(17)29-5/h8-11,14,16H,7,12-13H2,1-6H3,(H2,25,26,27). The van der Waals surface area contributed by atoms with Gasteiger partial charge in [-0.2, -0.15) is 0 Å². The van der Waals surface area contributed by atoms with Gasteiger partial charge in [-0.3, -0.25) is 4.99 Å². The second-order valence-electron chi connectivity index (χ2n) is 6.88. The number of hydrogen-bond donors (Lipinski definition) is 2. The van der Waals surface area contributed by atoms with Gasteiger partial charge in [-0.15, -0.1) is 0 Å². The highest BCUT2D eigenvalue weighted by Gasteiger charge is 2.15. The van der Waals surface area contributed by atoms with Crippen LogP contribution in [-0.2, 0) is 6.42 Å². The number of hydrogen-bond acceptors (Lipinski definition) is 4. The molecule has 0 fully saturated rings. The molecular formula is C23H32FN3O3. The Morgan fingerprint density at radius 1 is 1.07 bits per heavy atom. The van der Waals surface area contributed by atoms with Gasteiger partial charge in [0, 0.05) is 18.7 Å². The molecule has 6 nitrogen and oxygen atoms in total. The number of aliphatic imine (C=N–C) groups is 1. The van der Waals surface area contributed by atoms with Gasteiger partial charge in [0.05, 0.1) is 27.4 Å². The average Bonchev–Trinajstić information content (AvgIpc) is 2.74. The van der Waals surface area contributed by atoms with E-state index in [4.69, 9.17) is 14.2 Å². The van der Waals surface area contributed by atoms with Gasteiger partial charge in [-0.05, 0) is 50.5 Å². The van der Waals surface area contributed by atoms with Gasteiger partial charge in [0.2, 0.25) is 5.75 Å². The Morgan fingerprint density at radius 3 is 2.40 bits per heavy atom.